The molecule has 0 atom stereocenters. The van der Waals surface area contributed by atoms with E-state index in [4.69, 9.17) is 0 Å². The minimum absolute atomic E-state index is 0.0887. The van der Waals surface area contributed by atoms with Crippen LogP contribution in [0.2, 0.25) is 0 Å². The van der Waals surface area contributed by atoms with E-state index < -0.39 is 10.0 Å². The lowest BCUT2D eigenvalue weighted by atomic mass is 10.1. The van der Waals surface area contributed by atoms with Crippen LogP contribution in [0, 0.1) is 6.92 Å². The summed E-state index contributed by atoms with van der Waals surface area (Å²) in [6, 6.07) is 10.5. The van der Waals surface area contributed by atoms with Crippen molar-refractivity contribution in [3.63, 3.8) is 0 Å². The summed E-state index contributed by atoms with van der Waals surface area (Å²) in [7, 11) is -3.59. The summed E-state index contributed by atoms with van der Waals surface area (Å²) in [6.07, 6.45) is 3.76. The molecule has 1 aliphatic heterocycles. The number of pyridine rings is 1. The number of benzene rings is 1. The molecule has 1 aliphatic rings. The predicted molar refractivity (Wildman–Crippen MR) is 101 cm³/mol. The lowest BCUT2D eigenvalue weighted by Crippen LogP contribution is -2.37. The van der Waals surface area contributed by atoms with E-state index in [0.717, 1.165) is 11.1 Å². The summed E-state index contributed by atoms with van der Waals surface area (Å²) in [6.45, 7) is 2.79. The molecule has 140 valence electrons. The Labute approximate surface area is 157 Å². The highest BCUT2D eigenvalue weighted by Crippen LogP contribution is 2.23. The third-order valence-electron chi connectivity index (χ3n) is 4.83. The van der Waals surface area contributed by atoms with Crippen molar-refractivity contribution in [1.29, 1.82) is 0 Å². The Balaban J connectivity index is 1.61. The summed E-state index contributed by atoms with van der Waals surface area (Å²) in [5, 5.41) is 3.09. The molecule has 27 heavy (non-hydrogen) atoms. The number of nitrogens with one attached hydrogen (secondary N) is 1. The number of H-pyrrole nitrogens is 1. The molecule has 3 heterocycles. The second kappa shape index (κ2) is 6.79. The zero-order valence-corrected chi connectivity index (χ0v) is 15.7. The average Bonchev–Trinajstić information content (AvgIpc) is 2.98. The minimum atomic E-state index is -3.59. The van der Waals surface area contributed by atoms with Gasteiger partial charge in [0.15, 0.2) is 0 Å². The smallest absolute Gasteiger partial charge is 0.270 e. The van der Waals surface area contributed by atoms with Crippen molar-refractivity contribution < 1.29 is 8.42 Å². The molecule has 0 unspecified atom stereocenters. The number of aryl methyl sites for hydroxylation is 1. The van der Waals surface area contributed by atoms with E-state index in [-0.39, 0.29) is 17.0 Å². The van der Waals surface area contributed by atoms with E-state index in [0.29, 0.717) is 30.8 Å². The first kappa shape index (κ1) is 17.7. The van der Waals surface area contributed by atoms with E-state index in [1.54, 1.807) is 36.7 Å². The molecule has 0 amide bonds. The van der Waals surface area contributed by atoms with E-state index in [1.807, 2.05) is 19.1 Å². The molecule has 0 saturated carbocycles. The zero-order chi connectivity index (χ0) is 19.0. The lowest BCUT2D eigenvalue weighted by molar-refractivity contribution is 0.386. The molecular formula is C19H20N4O3S. The highest BCUT2D eigenvalue weighted by Gasteiger charge is 2.31. The summed E-state index contributed by atoms with van der Waals surface area (Å²) in [4.78, 5) is 16.9. The monoisotopic (exact) mass is 384 g/mol. The van der Waals surface area contributed by atoms with Crippen LogP contribution in [0.5, 0.6) is 0 Å². The van der Waals surface area contributed by atoms with Gasteiger partial charge in [-0.25, -0.2) is 13.1 Å². The topological polar surface area (TPSA) is 88.1 Å². The number of hydrogen-bond acceptors (Lipinski definition) is 4. The fourth-order valence-electron chi connectivity index (χ4n) is 3.30. The van der Waals surface area contributed by atoms with Gasteiger partial charge in [0.2, 0.25) is 10.0 Å². The summed E-state index contributed by atoms with van der Waals surface area (Å²) in [5.41, 5.74) is 3.20. The Morgan fingerprint density at radius 3 is 2.52 bits per heavy atom. The van der Waals surface area contributed by atoms with Gasteiger partial charge in [-0.05, 0) is 43.2 Å². The van der Waals surface area contributed by atoms with Gasteiger partial charge in [-0.3, -0.25) is 14.9 Å². The van der Waals surface area contributed by atoms with Crippen LogP contribution in [0.1, 0.15) is 22.4 Å². The van der Waals surface area contributed by atoms with Crippen molar-refractivity contribution in [2.24, 2.45) is 0 Å². The number of aromatic nitrogens is 3. The van der Waals surface area contributed by atoms with E-state index in [1.165, 1.54) is 8.99 Å². The molecule has 4 rings (SSSR count). The summed E-state index contributed by atoms with van der Waals surface area (Å²) < 4.78 is 28.8. The first-order valence-electron chi connectivity index (χ1n) is 8.71. The van der Waals surface area contributed by atoms with Crippen molar-refractivity contribution in [2.45, 2.75) is 31.3 Å². The fraction of sp³-hybridized carbons (Fsp3) is 0.263. The number of aromatic amines is 1. The van der Waals surface area contributed by atoms with E-state index >= 15 is 0 Å². The first-order valence-corrected chi connectivity index (χ1v) is 10.2. The van der Waals surface area contributed by atoms with Crippen molar-refractivity contribution in [3.8, 4) is 0 Å². The Morgan fingerprint density at radius 2 is 1.81 bits per heavy atom. The van der Waals surface area contributed by atoms with Crippen molar-refractivity contribution in [1.82, 2.24) is 19.1 Å². The highest BCUT2D eigenvalue weighted by atomic mass is 32.2. The van der Waals surface area contributed by atoms with Gasteiger partial charge in [-0.1, -0.05) is 17.7 Å². The molecule has 0 bridgehead atoms. The van der Waals surface area contributed by atoms with Gasteiger partial charge < -0.3 is 0 Å². The van der Waals surface area contributed by atoms with Gasteiger partial charge in [0.25, 0.3) is 5.56 Å². The Bertz CT molecular complexity index is 1120. The van der Waals surface area contributed by atoms with Gasteiger partial charge in [0, 0.05) is 24.5 Å². The molecule has 3 aromatic rings. The molecule has 0 aliphatic carbocycles. The van der Waals surface area contributed by atoms with Gasteiger partial charge >= 0.3 is 0 Å². The van der Waals surface area contributed by atoms with Gasteiger partial charge in [0.05, 0.1) is 23.7 Å². The zero-order valence-electron chi connectivity index (χ0n) is 14.9. The van der Waals surface area contributed by atoms with E-state index in [2.05, 4.69) is 10.1 Å². The standard InChI is InChI=1S/C19H20N4O3S/c1-14-2-4-16(5-3-14)27(25,26)22-11-8-17-18(13-22)21-23(19(17)24)12-15-6-9-20-10-7-15/h2-7,9-10,21H,8,11-13H2,1H3. The van der Waals surface area contributed by atoms with Gasteiger partial charge in [0.1, 0.15) is 0 Å². The molecule has 0 fully saturated rings. The second-order valence-corrected chi connectivity index (χ2v) is 8.66. The van der Waals surface area contributed by atoms with Crippen LogP contribution in [0.3, 0.4) is 0 Å². The molecule has 1 aromatic carbocycles. The van der Waals surface area contributed by atoms with Crippen molar-refractivity contribution >= 4 is 10.0 Å². The van der Waals surface area contributed by atoms with Crippen molar-refractivity contribution in [3.05, 3.63) is 81.5 Å². The van der Waals surface area contributed by atoms with Crippen LogP contribution >= 0.6 is 0 Å². The van der Waals surface area contributed by atoms with E-state index in [9.17, 15) is 13.2 Å². The molecular weight excluding hydrogens is 364 g/mol. The molecule has 1 N–H and O–H groups in total. The van der Waals surface area contributed by atoms with Crippen LogP contribution in [-0.4, -0.2) is 34.0 Å². The van der Waals surface area contributed by atoms with Gasteiger partial charge in [-0.15, -0.1) is 0 Å². The minimum Gasteiger partial charge on any atom is -0.298 e. The van der Waals surface area contributed by atoms with Crippen LogP contribution < -0.4 is 5.56 Å². The van der Waals surface area contributed by atoms with Gasteiger partial charge in [-0.2, -0.15) is 4.31 Å². The maximum absolute atomic E-state index is 12.9. The molecule has 0 spiro atoms. The Kier molecular flexibility index (Phi) is 4.45. The maximum Gasteiger partial charge on any atom is 0.270 e. The molecule has 8 heteroatoms. The lowest BCUT2D eigenvalue weighted by Gasteiger charge is -2.25. The predicted octanol–water partition coefficient (Wildman–Crippen LogP) is 1.68. The largest absolute Gasteiger partial charge is 0.298 e. The SMILES string of the molecule is Cc1ccc(S(=O)(=O)N2CCc3c([nH]n(Cc4ccncc4)c3=O)C2)cc1. The number of nitrogens with zero attached hydrogens (tertiary/aromatic N) is 3. The van der Waals surface area contributed by atoms with Crippen LogP contribution in [0.4, 0.5) is 0 Å². The molecule has 7 nitrogen and oxygen atoms in total. The molecule has 0 saturated heterocycles. The third kappa shape index (κ3) is 3.33. The Morgan fingerprint density at radius 1 is 1.11 bits per heavy atom. The van der Waals surface area contributed by atoms with Crippen LogP contribution in [0.15, 0.2) is 58.5 Å². The quantitative estimate of drug-likeness (QED) is 0.741. The van der Waals surface area contributed by atoms with Crippen LogP contribution in [0.25, 0.3) is 0 Å². The van der Waals surface area contributed by atoms with Crippen molar-refractivity contribution in [2.75, 3.05) is 6.54 Å². The Hall–Kier alpha value is -2.71. The first-order chi connectivity index (χ1) is 12.9. The normalized spacial score (nSPS) is 14.9. The molecule has 0 radical (unpaired) electrons. The maximum atomic E-state index is 12.9. The second-order valence-electron chi connectivity index (χ2n) is 6.72. The number of hydrogen-bond donors (Lipinski definition) is 1. The summed E-state index contributed by atoms with van der Waals surface area (Å²) in [5.74, 6) is 0. The highest BCUT2D eigenvalue weighted by molar-refractivity contribution is 7.89. The number of fused-ring (bicyclic) bond motifs is 1. The summed E-state index contributed by atoms with van der Waals surface area (Å²) >= 11 is 0. The number of sulfonamides is 1. The third-order valence-corrected chi connectivity index (χ3v) is 6.69. The average molecular weight is 384 g/mol. The number of rotatable bonds is 4. The molecule has 2 aromatic heterocycles. The fourth-order valence-corrected chi connectivity index (χ4v) is 4.71. The van der Waals surface area contributed by atoms with Crippen LogP contribution in [-0.2, 0) is 29.5 Å².